The summed E-state index contributed by atoms with van der Waals surface area (Å²) in [6, 6.07) is 7.02. The molecule has 32 heavy (non-hydrogen) atoms. The lowest BCUT2D eigenvalue weighted by Crippen LogP contribution is -2.49. The van der Waals surface area contributed by atoms with E-state index in [0.29, 0.717) is 42.8 Å². The Bertz CT molecular complexity index is 1060. The molecule has 0 bridgehead atoms. The predicted molar refractivity (Wildman–Crippen MR) is 125 cm³/mol. The van der Waals surface area contributed by atoms with Gasteiger partial charge in [0.2, 0.25) is 16.0 Å². The number of sulfonamides is 1. The third-order valence-corrected chi connectivity index (χ3v) is 8.08. The van der Waals surface area contributed by atoms with Gasteiger partial charge in [0.05, 0.1) is 12.0 Å². The fourth-order valence-electron chi connectivity index (χ4n) is 4.16. The van der Waals surface area contributed by atoms with Crippen LogP contribution in [0, 0.1) is 13.8 Å². The third kappa shape index (κ3) is 4.67. The molecule has 2 aliphatic rings. The molecular formula is C22H32N6O3S. The smallest absolute Gasteiger partial charge is 0.243 e. The van der Waals surface area contributed by atoms with Crippen LogP contribution in [-0.2, 0) is 10.0 Å². The summed E-state index contributed by atoms with van der Waals surface area (Å²) in [4.78, 5) is 16.5. The normalized spacial score (nSPS) is 18.8. The fourth-order valence-corrected chi connectivity index (χ4v) is 5.67. The lowest BCUT2D eigenvalue weighted by atomic mass is 10.2. The molecule has 0 radical (unpaired) electrons. The third-order valence-electron chi connectivity index (χ3n) is 6.18. The number of piperazine rings is 2. The Morgan fingerprint density at radius 1 is 0.875 bits per heavy atom. The molecule has 2 saturated heterocycles. The van der Waals surface area contributed by atoms with Gasteiger partial charge in [-0.15, -0.1) is 0 Å². The zero-order valence-corrected chi connectivity index (χ0v) is 20.1. The molecule has 3 heterocycles. The number of anilines is 2. The molecule has 0 amide bonds. The van der Waals surface area contributed by atoms with Crippen molar-refractivity contribution in [3.05, 3.63) is 35.5 Å². The molecule has 1 aromatic carbocycles. The molecule has 0 N–H and O–H groups in total. The number of benzene rings is 1. The number of nitrogens with zero attached hydrogens (tertiary/aromatic N) is 6. The summed E-state index contributed by atoms with van der Waals surface area (Å²) in [6.07, 6.45) is 0. The van der Waals surface area contributed by atoms with Gasteiger partial charge in [-0.05, 0) is 44.7 Å². The van der Waals surface area contributed by atoms with Crippen LogP contribution in [0.2, 0.25) is 0 Å². The van der Waals surface area contributed by atoms with Gasteiger partial charge in [-0.25, -0.2) is 13.4 Å². The Morgan fingerprint density at radius 3 is 2.16 bits per heavy atom. The first-order chi connectivity index (χ1) is 15.3. The molecule has 0 spiro atoms. The maximum atomic E-state index is 13.1. The Hall–Kier alpha value is -2.43. The molecule has 0 aliphatic carbocycles. The van der Waals surface area contributed by atoms with Crippen molar-refractivity contribution < 1.29 is 13.2 Å². The van der Waals surface area contributed by atoms with Gasteiger partial charge in [0.1, 0.15) is 11.6 Å². The number of rotatable bonds is 5. The summed E-state index contributed by atoms with van der Waals surface area (Å²) >= 11 is 0. The maximum absolute atomic E-state index is 13.1. The Labute approximate surface area is 190 Å². The first-order valence-electron chi connectivity index (χ1n) is 11.0. The minimum atomic E-state index is -3.56. The Morgan fingerprint density at radius 2 is 1.53 bits per heavy atom. The molecule has 174 valence electrons. The van der Waals surface area contributed by atoms with Crippen LogP contribution in [0.5, 0.6) is 5.75 Å². The fraction of sp³-hybridized carbons (Fsp3) is 0.545. The maximum Gasteiger partial charge on any atom is 0.243 e. The Balaban J connectivity index is 1.46. The number of likely N-dealkylation sites (N-methyl/N-ethyl adjacent to an activating group) is 1. The first kappa shape index (κ1) is 22.8. The lowest BCUT2D eigenvalue weighted by molar-refractivity contribution is 0.312. The second kappa shape index (κ2) is 9.21. The van der Waals surface area contributed by atoms with E-state index >= 15 is 0 Å². The van der Waals surface area contributed by atoms with E-state index in [1.807, 2.05) is 19.9 Å². The molecule has 2 fully saturated rings. The summed E-state index contributed by atoms with van der Waals surface area (Å²) in [6.45, 7) is 9.66. The molecule has 0 saturated carbocycles. The van der Waals surface area contributed by atoms with Crippen LogP contribution in [0.15, 0.2) is 29.2 Å². The molecule has 0 unspecified atom stereocenters. The van der Waals surface area contributed by atoms with Crippen LogP contribution >= 0.6 is 0 Å². The minimum absolute atomic E-state index is 0.299. The van der Waals surface area contributed by atoms with Crippen molar-refractivity contribution in [1.82, 2.24) is 19.2 Å². The topological polar surface area (TPSA) is 82.1 Å². The molecule has 2 aliphatic heterocycles. The van der Waals surface area contributed by atoms with Crippen LogP contribution in [0.25, 0.3) is 0 Å². The van der Waals surface area contributed by atoms with E-state index in [-0.39, 0.29) is 0 Å². The van der Waals surface area contributed by atoms with Crippen LogP contribution in [0.1, 0.15) is 11.3 Å². The van der Waals surface area contributed by atoms with Gasteiger partial charge in [-0.3, -0.25) is 0 Å². The van der Waals surface area contributed by atoms with Crippen LogP contribution in [0.4, 0.5) is 11.8 Å². The summed E-state index contributed by atoms with van der Waals surface area (Å²) in [7, 11) is 0.159. The van der Waals surface area contributed by atoms with E-state index in [2.05, 4.69) is 26.7 Å². The molecule has 2 aromatic rings. The average Bonchev–Trinajstić information content (AvgIpc) is 2.79. The lowest BCUT2D eigenvalue weighted by Gasteiger charge is -2.36. The van der Waals surface area contributed by atoms with Crippen molar-refractivity contribution >= 4 is 21.8 Å². The van der Waals surface area contributed by atoms with Gasteiger partial charge in [0, 0.05) is 64.1 Å². The van der Waals surface area contributed by atoms with E-state index in [0.717, 1.165) is 43.3 Å². The highest BCUT2D eigenvalue weighted by molar-refractivity contribution is 7.89. The summed E-state index contributed by atoms with van der Waals surface area (Å²) in [5, 5.41) is 0. The highest BCUT2D eigenvalue weighted by Gasteiger charge is 2.30. The van der Waals surface area contributed by atoms with Gasteiger partial charge >= 0.3 is 0 Å². The highest BCUT2D eigenvalue weighted by Crippen LogP contribution is 2.25. The Kier molecular flexibility index (Phi) is 6.55. The molecular weight excluding hydrogens is 428 g/mol. The second-order valence-corrected chi connectivity index (χ2v) is 10.4. The van der Waals surface area contributed by atoms with E-state index in [9.17, 15) is 8.42 Å². The highest BCUT2D eigenvalue weighted by atomic mass is 32.2. The largest absolute Gasteiger partial charge is 0.496 e. The molecule has 4 rings (SSSR count). The van der Waals surface area contributed by atoms with Gasteiger partial charge in [-0.1, -0.05) is 0 Å². The average molecular weight is 461 g/mol. The van der Waals surface area contributed by atoms with E-state index in [1.54, 1.807) is 29.6 Å². The quantitative estimate of drug-likeness (QED) is 0.662. The van der Waals surface area contributed by atoms with Gasteiger partial charge in [0.25, 0.3) is 0 Å². The summed E-state index contributed by atoms with van der Waals surface area (Å²) in [5.41, 5.74) is 1.73. The van der Waals surface area contributed by atoms with Gasteiger partial charge < -0.3 is 19.4 Å². The molecule has 1 aromatic heterocycles. The number of hydrogen-bond donors (Lipinski definition) is 0. The molecule has 0 atom stereocenters. The minimum Gasteiger partial charge on any atom is -0.496 e. The van der Waals surface area contributed by atoms with Gasteiger partial charge in [-0.2, -0.15) is 9.29 Å². The van der Waals surface area contributed by atoms with Crippen LogP contribution in [0.3, 0.4) is 0 Å². The zero-order chi connectivity index (χ0) is 22.9. The van der Waals surface area contributed by atoms with Crippen molar-refractivity contribution in [3.63, 3.8) is 0 Å². The first-order valence-corrected chi connectivity index (χ1v) is 12.4. The standard InChI is InChI=1S/C22H32N6O3S/c1-17-15-19(5-6-20(17)31-4)32(29,30)28-13-11-27(12-14-28)22-23-18(2)16-21(24-22)26-9-7-25(3)8-10-26/h5-6,15-16H,7-14H2,1-4H3. The molecule has 9 nitrogen and oxygen atoms in total. The number of aryl methyl sites for hydroxylation is 2. The SMILES string of the molecule is COc1ccc(S(=O)(=O)N2CCN(c3nc(C)cc(N4CCN(C)CC4)n3)CC2)cc1C. The monoisotopic (exact) mass is 460 g/mol. The summed E-state index contributed by atoms with van der Waals surface area (Å²) in [5.74, 6) is 2.31. The van der Waals surface area contributed by atoms with E-state index in [4.69, 9.17) is 9.72 Å². The van der Waals surface area contributed by atoms with Crippen molar-refractivity contribution in [2.45, 2.75) is 18.7 Å². The van der Waals surface area contributed by atoms with Crippen molar-refractivity contribution in [2.75, 3.05) is 76.3 Å². The predicted octanol–water partition coefficient (Wildman–Crippen LogP) is 1.36. The second-order valence-electron chi connectivity index (χ2n) is 8.48. The number of ether oxygens (including phenoxy) is 1. The summed E-state index contributed by atoms with van der Waals surface area (Å²) < 4.78 is 33.1. The van der Waals surface area contributed by atoms with Gasteiger partial charge in [0.15, 0.2) is 0 Å². The van der Waals surface area contributed by atoms with Crippen molar-refractivity contribution in [2.24, 2.45) is 0 Å². The van der Waals surface area contributed by atoms with Crippen molar-refractivity contribution in [3.8, 4) is 5.75 Å². The zero-order valence-electron chi connectivity index (χ0n) is 19.3. The molecule has 10 heteroatoms. The van der Waals surface area contributed by atoms with Crippen molar-refractivity contribution in [1.29, 1.82) is 0 Å². The van der Waals surface area contributed by atoms with E-state index < -0.39 is 10.0 Å². The number of aromatic nitrogens is 2. The van der Waals surface area contributed by atoms with Crippen LogP contribution in [-0.4, -0.2) is 94.1 Å². The van der Waals surface area contributed by atoms with Crippen LogP contribution < -0.4 is 14.5 Å². The van der Waals surface area contributed by atoms with E-state index in [1.165, 1.54) is 0 Å². The number of hydrogen-bond acceptors (Lipinski definition) is 8. The number of methoxy groups -OCH3 is 1.